The van der Waals surface area contributed by atoms with Gasteiger partial charge < -0.3 is 0 Å². The van der Waals surface area contributed by atoms with Crippen molar-refractivity contribution in [2.45, 2.75) is 39.8 Å². The third kappa shape index (κ3) is 8.88. The summed E-state index contributed by atoms with van der Waals surface area (Å²) < 4.78 is 12.7. The first kappa shape index (κ1) is 9.88. The summed E-state index contributed by atoms with van der Waals surface area (Å²) in [6, 6.07) is 0. The van der Waals surface area contributed by atoms with Gasteiger partial charge in [-0.05, 0) is 0 Å². The van der Waals surface area contributed by atoms with Gasteiger partial charge in [0.1, 0.15) is 0 Å². The van der Waals surface area contributed by atoms with Crippen LogP contribution >= 0.6 is 0 Å². The van der Waals surface area contributed by atoms with Gasteiger partial charge in [0.05, 0.1) is 0 Å². The molecule has 0 rings (SSSR count). The van der Waals surface area contributed by atoms with Crippen molar-refractivity contribution in [3.63, 3.8) is 0 Å². The van der Waals surface area contributed by atoms with E-state index in [1.165, 1.54) is 0 Å². The zero-order valence-corrected chi connectivity index (χ0v) is 11.3. The molecule has 0 aliphatic rings. The van der Waals surface area contributed by atoms with E-state index < -0.39 is 21.6 Å². The van der Waals surface area contributed by atoms with Gasteiger partial charge in [-0.15, -0.1) is 0 Å². The van der Waals surface area contributed by atoms with Crippen LogP contribution in [0.3, 0.4) is 0 Å². The number of hydrogen-bond acceptors (Lipinski definition) is 1. The summed E-state index contributed by atoms with van der Waals surface area (Å²) in [6.07, 6.45) is 0. The summed E-state index contributed by atoms with van der Waals surface area (Å²) in [4.78, 5) is 0. The van der Waals surface area contributed by atoms with E-state index in [0.29, 0.717) is 0 Å². The van der Waals surface area contributed by atoms with E-state index in [1.54, 1.807) is 0 Å². The molecule has 0 radical (unpaired) electrons. The van der Waals surface area contributed by atoms with Crippen LogP contribution in [-0.4, -0.2) is 27.2 Å². The monoisotopic (exact) mass is 326 g/mol. The van der Waals surface area contributed by atoms with Crippen molar-refractivity contribution in [2.75, 3.05) is 0 Å². The quantitative estimate of drug-likeness (QED) is 0.674. The molecule has 1 nitrogen and oxygen atoms in total. The van der Waals surface area contributed by atoms with Crippen LogP contribution in [0.2, 0.25) is 13.4 Å². The molecule has 0 aliphatic heterocycles. The minimum absolute atomic E-state index is 0.0831. The second-order valence-corrected chi connectivity index (χ2v) is 21.5. The molecule has 0 saturated carbocycles. The van der Waals surface area contributed by atoms with E-state index in [0.717, 1.165) is 0 Å². The van der Waals surface area contributed by atoms with Gasteiger partial charge in [-0.1, -0.05) is 0 Å². The molecule has 0 spiro atoms. The van der Waals surface area contributed by atoms with Crippen molar-refractivity contribution >= 4 is 21.6 Å². The van der Waals surface area contributed by atoms with E-state index in [1.807, 2.05) is 0 Å². The number of rotatable bonds is 1. The topological polar surface area (TPSA) is 9.23 Å². The molecule has 0 saturated heterocycles. The molecule has 9 heavy (non-hydrogen) atoms. The molecule has 0 fully saturated rings. The summed E-state index contributed by atoms with van der Waals surface area (Å²) in [5.74, 6) is 0. The van der Waals surface area contributed by atoms with Crippen molar-refractivity contribution < 1.29 is 2.69 Å². The average molecular weight is 325 g/mol. The van der Waals surface area contributed by atoms with Crippen molar-refractivity contribution in [1.29, 1.82) is 0 Å². The maximum atomic E-state index is 5.85. The van der Waals surface area contributed by atoms with Gasteiger partial charge in [0, 0.05) is 0 Å². The van der Waals surface area contributed by atoms with Gasteiger partial charge >= 0.3 is 64.1 Å². The average Bonchev–Trinajstić information content (AvgIpc) is 1.14. The molecule has 0 aromatic heterocycles. The first-order valence-corrected chi connectivity index (χ1v) is 16.7. The van der Waals surface area contributed by atoms with Crippen LogP contribution in [0.4, 0.5) is 0 Å². The van der Waals surface area contributed by atoms with E-state index in [2.05, 4.69) is 34.2 Å². The van der Waals surface area contributed by atoms with Crippen LogP contribution in [0.25, 0.3) is 0 Å². The first-order chi connectivity index (χ1) is 3.71. The molecule has 0 amide bonds. The SMILES string of the molecule is CC(C)(C)[O][Pb]([CH3])([CH3])[CH3]. The maximum absolute atomic E-state index is 5.85. The van der Waals surface area contributed by atoms with Crippen LogP contribution < -0.4 is 0 Å². The second kappa shape index (κ2) is 2.86. The molecule has 0 atom stereocenters. The summed E-state index contributed by atoms with van der Waals surface area (Å²) in [6.45, 7) is 6.37. The summed E-state index contributed by atoms with van der Waals surface area (Å²) in [7, 11) is 0. The van der Waals surface area contributed by atoms with Crippen molar-refractivity contribution in [2.24, 2.45) is 0 Å². The third-order valence-electron chi connectivity index (χ3n) is 0.612. The zero-order valence-electron chi connectivity index (χ0n) is 7.41. The fourth-order valence-corrected chi connectivity index (χ4v) is 8.06. The Labute approximate surface area is 64.1 Å². The summed E-state index contributed by atoms with van der Waals surface area (Å²) >= 11 is -2.06. The Bertz CT molecular complexity index is 74.1. The van der Waals surface area contributed by atoms with Gasteiger partial charge in [-0.25, -0.2) is 0 Å². The molecular weight excluding hydrogens is 307 g/mol. The molecule has 0 unspecified atom stereocenters. The van der Waals surface area contributed by atoms with E-state index in [-0.39, 0.29) is 5.60 Å². The predicted octanol–water partition coefficient (Wildman–Crippen LogP) is 2.64. The van der Waals surface area contributed by atoms with Crippen LogP contribution in [0.1, 0.15) is 20.8 Å². The normalized spacial score (nSPS) is 14.0. The molecule has 0 heterocycles. The van der Waals surface area contributed by atoms with Gasteiger partial charge in [0.2, 0.25) is 0 Å². The first-order valence-electron chi connectivity index (χ1n) is 3.41. The Morgan fingerprint density at radius 1 is 1.00 bits per heavy atom. The van der Waals surface area contributed by atoms with Crippen LogP contribution in [0.5, 0.6) is 0 Å². The summed E-state index contributed by atoms with van der Waals surface area (Å²) in [5, 5.41) is 0. The molecular formula is C7H18OPb. The molecule has 56 valence electrons. The molecule has 0 bridgehead atoms. The van der Waals surface area contributed by atoms with Gasteiger partial charge in [-0.2, -0.15) is 0 Å². The Morgan fingerprint density at radius 3 is 1.33 bits per heavy atom. The van der Waals surface area contributed by atoms with Crippen LogP contribution in [0.15, 0.2) is 0 Å². The second-order valence-electron chi connectivity index (χ2n) is 4.33. The van der Waals surface area contributed by atoms with Crippen molar-refractivity contribution in [3.8, 4) is 0 Å². The van der Waals surface area contributed by atoms with Crippen molar-refractivity contribution in [1.82, 2.24) is 0 Å². The van der Waals surface area contributed by atoms with Crippen molar-refractivity contribution in [3.05, 3.63) is 0 Å². The number of hydrogen-bond donors (Lipinski definition) is 0. The fourth-order valence-electron chi connectivity index (χ4n) is 0.919. The van der Waals surface area contributed by atoms with Gasteiger partial charge in [0.15, 0.2) is 0 Å². The van der Waals surface area contributed by atoms with E-state index >= 15 is 0 Å². The standard InChI is InChI=1S/C4H9O.3CH3.Pb/c1-4(2,3)5;;;;/h1-3H3;3*1H3;/q-1;;;;+1. The molecule has 2 heteroatoms. The van der Waals surface area contributed by atoms with Gasteiger partial charge in [-0.3, -0.25) is 0 Å². The van der Waals surface area contributed by atoms with Crippen LogP contribution in [0, 0.1) is 0 Å². The van der Waals surface area contributed by atoms with E-state index in [4.69, 9.17) is 2.69 Å². The predicted molar refractivity (Wildman–Crippen MR) is 44.2 cm³/mol. The third-order valence-corrected chi connectivity index (χ3v) is 5.37. The Kier molecular flexibility index (Phi) is 3.14. The van der Waals surface area contributed by atoms with Gasteiger partial charge in [0.25, 0.3) is 0 Å². The fraction of sp³-hybridized carbons (Fsp3) is 1.00. The Balaban J connectivity index is 3.75. The molecule has 0 aliphatic carbocycles. The minimum atomic E-state index is -2.06. The Hall–Kier alpha value is 0.882. The summed E-state index contributed by atoms with van der Waals surface area (Å²) in [5.41, 5.74) is 0.0831. The van der Waals surface area contributed by atoms with Crippen LogP contribution in [-0.2, 0) is 2.69 Å². The Morgan fingerprint density at radius 2 is 1.33 bits per heavy atom. The zero-order chi connectivity index (χ0) is 7.71. The van der Waals surface area contributed by atoms with E-state index in [9.17, 15) is 0 Å². The molecule has 0 aromatic carbocycles. The molecule has 0 N–H and O–H groups in total. The molecule has 0 aromatic rings.